The zero-order valence-electron chi connectivity index (χ0n) is 12.5. The summed E-state index contributed by atoms with van der Waals surface area (Å²) in [5, 5.41) is 3.83. The number of carbonyl (C=O) groups excluding carboxylic acids is 1. The van der Waals surface area contributed by atoms with Gasteiger partial charge in [0.1, 0.15) is 5.75 Å². The van der Waals surface area contributed by atoms with Crippen molar-refractivity contribution >= 4 is 22.5 Å². The van der Waals surface area contributed by atoms with Crippen LogP contribution in [0.15, 0.2) is 54.6 Å². The maximum Gasteiger partial charge on any atom is 0.257 e. The molecule has 1 N–H and O–H groups in total. The van der Waals surface area contributed by atoms with Gasteiger partial charge < -0.3 is 10.1 Å². The van der Waals surface area contributed by atoms with E-state index in [0.717, 1.165) is 22.3 Å². The van der Waals surface area contributed by atoms with Gasteiger partial charge in [0.05, 0.1) is 23.9 Å². The number of fused-ring (bicyclic) bond motifs is 1. The highest BCUT2D eigenvalue weighted by atomic mass is 16.5. The fourth-order valence-corrected chi connectivity index (χ4v) is 2.31. The number of aromatic nitrogens is 1. The normalized spacial score (nSPS) is 10.5. The molecule has 0 spiro atoms. The summed E-state index contributed by atoms with van der Waals surface area (Å²) in [7, 11) is 1.61. The van der Waals surface area contributed by atoms with Gasteiger partial charge in [-0.25, -0.2) is 0 Å². The Morgan fingerprint density at radius 1 is 1.09 bits per heavy atom. The third-order valence-electron chi connectivity index (χ3n) is 3.51. The van der Waals surface area contributed by atoms with Crippen LogP contribution >= 0.6 is 0 Å². The van der Waals surface area contributed by atoms with Crippen molar-refractivity contribution < 1.29 is 9.53 Å². The molecule has 3 rings (SSSR count). The van der Waals surface area contributed by atoms with Crippen LogP contribution in [0.4, 0.5) is 5.69 Å². The molecule has 0 fully saturated rings. The quantitative estimate of drug-likeness (QED) is 0.798. The molecule has 0 saturated heterocycles. The van der Waals surface area contributed by atoms with Crippen molar-refractivity contribution in [1.82, 2.24) is 4.98 Å². The summed E-state index contributed by atoms with van der Waals surface area (Å²) in [6.07, 6.45) is 0. The SMILES string of the molecule is COc1ccc(NC(=O)c2cc3ccccc3nc2C)cc1. The number of hydrogen-bond acceptors (Lipinski definition) is 3. The summed E-state index contributed by atoms with van der Waals surface area (Å²) in [6, 6.07) is 16.9. The van der Waals surface area contributed by atoms with Crippen LogP contribution in [0, 0.1) is 6.92 Å². The first kappa shape index (κ1) is 14.1. The fraction of sp³-hybridized carbons (Fsp3) is 0.111. The largest absolute Gasteiger partial charge is 0.497 e. The molecular formula is C18H16N2O2. The van der Waals surface area contributed by atoms with Crippen LogP contribution in [0.3, 0.4) is 0 Å². The number of anilines is 1. The van der Waals surface area contributed by atoms with Gasteiger partial charge in [-0.2, -0.15) is 0 Å². The number of amides is 1. The lowest BCUT2D eigenvalue weighted by Crippen LogP contribution is -2.14. The van der Waals surface area contributed by atoms with Gasteiger partial charge in [-0.05, 0) is 43.3 Å². The van der Waals surface area contributed by atoms with Gasteiger partial charge in [0, 0.05) is 11.1 Å². The number of pyridine rings is 1. The van der Waals surface area contributed by atoms with E-state index in [-0.39, 0.29) is 5.91 Å². The Morgan fingerprint density at radius 3 is 2.55 bits per heavy atom. The highest BCUT2D eigenvalue weighted by Gasteiger charge is 2.11. The maximum absolute atomic E-state index is 12.5. The number of ether oxygens (including phenoxy) is 1. The standard InChI is InChI=1S/C18H16N2O2/c1-12-16(11-13-5-3-4-6-17(13)19-12)18(21)20-14-7-9-15(22-2)10-8-14/h3-11H,1-2H3,(H,20,21). The lowest BCUT2D eigenvalue weighted by atomic mass is 10.1. The third kappa shape index (κ3) is 2.76. The molecule has 0 aliphatic rings. The molecule has 0 radical (unpaired) electrons. The smallest absolute Gasteiger partial charge is 0.257 e. The summed E-state index contributed by atoms with van der Waals surface area (Å²) in [4.78, 5) is 16.9. The van der Waals surface area contributed by atoms with E-state index in [2.05, 4.69) is 10.3 Å². The van der Waals surface area contributed by atoms with E-state index in [1.165, 1.54) is 0 Å². The van der Waals surface area contributed by atoms with Gasteiger partial charge in [0.15, 0.2) is 0 Å². The van der Waals surface area contributed by atoms with Gasteiger partial charge in [0.2, 0.25) is 0 Å². The molecule has 2 aromatic carbocycles. The molecule has 0 aliphatic heterocycles. The van der Waals surface area contributed by atoms with E-state index < -0.39 is 0 Å². The Bertz CT molecular complexity index is 826. The van der Waals surface area contributed by atoms with Crippen LogP contribution in [0.2, 0.25) is 0 Å². The van der Waals surface area contributed by atoms with Gasteiger partial charge in [0.25, 0.3) is 5.91 Å². The Hall–Kier alpha value is -2.88. The number of nitrogens with one attached hydrogen (secondary N) is 1. The van der Waals surface area contributed by atoms with Gasteiger partial charge >= 0.3 is 0 Å². The average Bonchev–Trinajstić information content (AvgIpc) is 2.54. The maximum atomic E-state index is 12.5. The molecule has 0 bridgehead atoms. The Balaban J connectivity index is 1.89. The molecular weight excluding hydrogens is 276 g/mol. The molecule has 110 valence electrons. The molecule has 0 aliphatic carbocycles. The third-order valence-corrected chi connectivity index (χ3v) is 3.51. The van der Waals surface area contributed by atoms with Crippen molar-refractivity contribution in [3.05, 3.63) is 65.9 Å². The average molecular weight is 292 g/mol. The van der Waals surface area contributed by atoms with Crippen molar-refractivity contribution in [3.63, 3.8) is 0 Å². The fourth-order valence-electron chi connectivity index (χ4n) is 2.31. The van der Waals surface area contributed by atoms with Crippen LogP contribution in [-0.2, 0) is 0 Å². The number of nitrogens with zero attached hydrogens (tertiary/aromatic N) is 1. The van der Waals surface area contributed by atoms with Crippen molar-refractivity contribution in [1.29, 1.82) is 0 Å². The van der Waals surface area contributed by atoms with Crippen LogP contribution in [0.1, 0.15) is 16.1 Å². The number of methoxy groups -OCH3 is 1. The molecule has 1 aromatic heterocycles. The minimum absolute atomic E-state index is 0.166. The van der Waals surface area contributed by atoms with Crippen LogP contribution < -0.4 is 10.1 Å². The zero-order chi connectivity index (χ0) is 15.5. The number of aryl methyl sites for hydroxylation is 1. The lowest BCUT2D eigenvalue weighted by Gasteiger charge is -2.09. The van der Waals surface area contributed by atoms with Crippen molar-refractivity contribution in [2.75, 3.05) is 12.4 Å². The predicted molar refractivity (Wildman–Crippen MR) is 87.4 cm³/mol. The monoisotopic (exact) mass is 292 g/mol. The molecule has 22 heavy (non-hydrogen) atoms. The summed E-state index contributed by atoms with van der Waals surface area (Å²) in [5.41, 5.74) is 2.90. The van der Waals surface area contributed by atoms with Crippen LogP contribution in [0.5, 0.6) is 5.75 Å². The van der Waals surface area contributed by atoms with Crippen LogP contribution in [-0.4, -0.2) is 18.0 Å². The van der Waals surface area contributed by atoms with Crippen molar-refractivity contribution in [2.45, 2.75) is 6.92 Å². The molecule has 4 nitrogen and oxygen atoms in total. The summed E-state index contributed by atoms with van der Waals surface area (Å²) < 4.78 is 5.10. The minimum Gasteiger partial charge on any atom is -0.497 e. The molecule has 3 aromatic rings. The Labute approximate surface area is 128 Å². The minimum atomic E-state index is -0.166. The van der Waals surface area contributed by atoms with E-state index >= 15 is 0 Å². The molecule has 4 heteroatoms. The van der Waals surface area contributed by atoms with Crippen LogP contribution in [0.25, 0.3) is 10.9 Å². The Morgan fingerprint density at radius 2 is 1.82 bits per heavy atom. The highest BCUT2D eigenvalue weighted by Crippen LogP contribution is 2.19. The van der Waals surface area contributed by atoms with E-state index in [4.69, 9.17) is 4.74 Å². The summed E-state index contributed by atoms with van der Waals surface area (Å²) in [5.74, 6) is 0.586. The van der Waals surface area contributed by atoms with Crippen molar-refractivity contribution in [3.8, 4) is 5.75 Å². The number of hydrogen-bond donors (Lipinski definition) is 1. The molecule has 1 amide bonds. The first-order valence-corrected chi connectivity index (χ1v) is 6.99. The van der Waals surface area contributed by atoms with Crippen molar-refractivity contribution in [2.24, 2.45) is 0 Å². The zero-order valence-corrected chi connectivity index (χ0v) is 12.5. The summed E-state index contributed by atoms with van der Waals surface area (Å²) in [6.45, 7) is 1.84. The lowest BCUT2D eigenvalue weighted by molar-refractivity contribution is 0.102. The van der Waals surface area contributed by atoms with E-state index in [1.54, 1.807) is 31.4 Å². The number of carbonyl (C=O) groups is 1. The second-order valence-electron chi connectivity index (χ2n) is 5.00. The second-order valence-corrected chi connectivity index (χ2v) is 5.00. The first-order chi connectivity index (χ1) is 10.7. The first-order valence-electron chi connectivity index (χ1n) is 6.99. The summed E-state index contributed by atoms with van der Waals surface area (Å²) >= 11 is 0. The van der Waals surface area contributed by atoms with E-state index in [9.17, 15) is 4.79 Å². The van der Waals surface area contributed by atoms with E-state index in [1.807, 2.05) is 37.3 Å². The number of rotatable bonds is 3. The predicted octanol–water partition coefficient (Wildman–Crippen LogP) is 3.80. The molecule has 0 atom stereocenters. The highest BCUT2D eigenvalue weighted by molar-refractivity contribution is 6.06. The number of para-hydroxylation sites is 1. The van der Waals surface area contributed by atoms with Gasteiger partial charge in [-0.3, -0.25) is 9.78 Å². The molecule has 1 heterocycles. The number of benzene rings is 2. The second kappa shape index (κ2) is 5.85. The molecule has 0 unspecified atom stereocenters. The van der Waals surface area contributed by atoms with Gasteiger partial charge in [-0.15, -0.1) is 0 Å². The molecule has 0 saturated carbocycles. The van der Waals surface area contributed by atoms with Gasteiger partial charge in [-0.1, -0.05) is 18.2 Å². The Kier molecular flexibility index (Phi) is 3.74. The topological polar surface area (TPSA) is 51.2 Å². The van der Waals surface area contributed by atoms with E-state index in [0.29, 0.717) is 11.3 Å².